The van der Waals surface area contributed by atoms with Crippen molar-refractivity contribution in [3.63, 3.8) is 0 Å². The molecule has 2 N–H and O–H groups in total. The summed E-state index contributed by atoms with van der Waals surface area (Å²) in [6.07, 6.45) is 0. The molecule has 7 rings (SSSR count). The molecule has 0 aliphatic rings. The molecule has 0 amide bonds. The first-order chi connectivity index (χ1) is 18.3. The summed E-state index contributed by atoms with van der Waals surface area (Å²) in [5, 5.41) is 13.6. The van der Waals surface area contributed by atoms with Gasteiger partial charge in [0.05, 0.1) is 11.0 Å². The highest BCUT2D eigenvalue weighted by atomic mass is 32.1. The van der Waals surface area contributed by atoms with Crippen molar-refractivity contribution in [2.45, 2.75) is 0 Å². The standard InChI is InChI=1S/C32H22N4S/c33-31(21-11-3-1-4-12-21)34-32(22-13-5-2-6-14-22)35-36-25-17-9-16-24-23-15-7-8-19-27(23)37-28-20-10-18-26(36)30(28)29(24)25/h1-20H,(H2,33,34,35). The Morgan fingerprint density at radius 2 is 1.19 bits per heavy atom. The Morgan fingerprint density at radius 1 is 0.595 bits per heavy atom. The van der Waals surface area contributed by atoms with Gasteiger partial charge in [0.1, 0.15) is 0 Å². The summed E-state index contributed by atoms with van der Waals surface area (Å²) in [5.74, 6) is 0.828. The number of amidine groups is 2. The van der Waals surface area contributed by atoms with Crippen LogP contribution in [0.1, 0.15) is 11.1 Å². The summed E-state index contributed by atoms with van der Waals surface area (Å²) in [5.41, 5.74) is 7.44. The third kappa shape index (κ3) is 3.60. The zero-order valence-corrected chi connectivity index (χ0v) is 20.7. The number of rotatable bonds is 3. The molecule has 0 aliphatic heterocycles. The van der Waals surface area contributed by atoms with Crippen molar-refractivity contribution < 1.29 is 0 Å². The van der Waals surface area contributed by atoms with Gasteiger partial charge in [0.25, 0.3) is 0 Å². The van der Waals surface area contributed by atoms with Crippen molar-refractivity contribution in [3.8, 4) is 0 Å². The van der Waals surface area contributed by atoms with E-state index in [0.29, 0.717) is 5.84 Å². The lowest BCUT2D eigenvalue weighted by molar-refractivity contribution is 1.08. The van der Waals surface area contributed by atoms with Crippen molar-refractivity contribution in [1.82, 2.24) is 4.68 Å². The molecule has 2 aromatic heterocycles. The van der Waals surface area contributed by atoms with E-state index in [1.54, 1.807) is 0 Å². The number of aromatic nitrogens is 1. The topological polar surface area (TPSA) is 53.2 Å². The lowest BCUT2D eigenvalue weighted by atomic mass is 10.1. The summed E-state index contributed by atoms with van der Waals surface area (Å²) < 4.78 is 4.62. The Bertz CT molecular complexity index is 1960. The van der Waals surface area contributed by atoms with Crippen molar-refractivity contribution in [1.29, 1.82) is 5.41 Å². The van der Waals surface area contributed by atoms with Crippen molar-refractivity contribution in [2.24, 2.45) is 4.99 Å². The third-order valence-electron chi connectivity index (χ3n) is 6.71. The number of nitrogens with zero attached hydrogens (tertiary/aromatic N) is 2. The molecule has 2 heterocycles. The van der Waals surface area contributed by atoms with E-state index in [2.05, 4.69) is 70.8 Å². The Morgan fingerprint density at radius 3 is 1.97 bits per heavy atom. The lowest BCUT2D eigenvalue weighted by Crippen LogP contribution is -2.25. The van der Waals surface area contributed by atoms with Crippen molar-refractivity contribution in [3.05, 3.63) is 132 Å². The van der Waals surface area contributed by atoms with Crippen LogP contribution in [0.3, 0.4) is 0 Å². The predicted octanol–water partition coefficient (Wildman–Crippen LogP) is 8.18. The molecule has 0 bridgehead atoms. The van der Waals surface area contributed by atoms with Crippen LogP contribution >= 0.6 is 11.3 Å². The molecule has 0 spiro atoms. The van der Waals surface area contributed by atoms with Gasteiger partial charge in [-0.05, 0) is 35.0 Å². The first-order valence-electron chi connectivity index (χ1n) is 12.2. The van der Waals surface area contributed by atoms with Gasteiger partial charge in [-0.2, -0.15) is 0 Å². The summed E-state index contributed by atoms with van der Waals surface area (Å²) in [6, 6.07) is 41.2. The molecule has 4 nitrogen and oxygen atoms in total. The first kappa shape index (κ1) is 21.5. The minimum absolute atomic E-state index is 0.208. The molecular weight excluding hydrogens is 472 g/mol. The maximum Gasteiger partial charge on any atom is 0.154 e. The molecule has 5 heteroatoms. The van der Waals surface area contributed by atoms with Crippen LogP contribution in [0, 0.1) is 5.41 Å². The van der Waals surface area contributed by atoms with E-state index in [1.807, 2.05) is 72.0 Å². The van der Waals surface area contributed by atoms with Crippen LogP contribution in [0.15, 0.2) is 126 Å². The highest BCUT2D eigenvalue weighted by molar-refractivity contribution is 7.24. The number of benzene rings is 5. The number of hydrogen-bond donors (Lipinski definition) is 2. The predicted molar refractivity (Wildman–Crippen MR) is 158 cm³/mol. The maximum absolute atomic E-state index is 8.71. The van der Waals surface area contributed by atoms with Gasteiger partial charge >= 0.3 is 0 Å². The van der Waals surface area contributed by atoms with Crippen LogP contribution in [-0.2, 0) is 0 Å². The van der Waals surface area contributed by atoms with Gasteiger partial charge in [0.15, 0.2) is 11.7 Å². The average molecular weight is 495 g/mol. The molecule has 0 saturated heterocycles. The molecule has 0 radical (unpaired) electrons. The number of aliphatic imine (C=N–C) groups is 1. The van der Waals surface area contributed by atoms with Gasteiger partial charge in [-0.15, -0.1) is 11.3 Å². The maximum atomic E-state index is 8.71. The summed E-state index contributed by atoms with van der Waals surface area (Å²) in [6.45, 7) is 0. The highest BCUT2D eigenvalue weighted by Gasteiger charge is 2.18. The van der Waals surface area contributed by atoms with Gasteiger partial charge in [0.2, 0.25) is 0 Å². The quantitative estimate of drug-likeness (QED) is 0.189. The van der Waals surface area contributed by atoms with E-state index in [9.17, 15) is 0 Å². The smallest absolute Gasteiger partial charge is 0.154 e. The molecule has 0 unspecified atom stereocenters. The largest absolute Gasteiger partial charge is 0.282 e. The second kappa shape index (κ2) is 8.73. The minimum Gasteiger partial charge on any atom is -0.282 e. The lowest BCUT2D eigenvalue weighted by Gasteiger charge is -2.15. The second-order valence-electron chi connectivity index (χ2n) is 8.94. The van der Waals surface area contributed by atoms with Crippen LogP contribution in [0.25, 0.3) is 42.0 Å². The van der Waals surface area contributed by atoms with Gasteiger partial charge < -0.3 is 0 Å². The zero-order valence-electron chi connectivity index (χ0n) is 19.8. The molecule has 0 atom stereocenters. The van der Waals surface area contributed by atoms with Gasteiger partial charge in [0, 0.05) is 31.3 Å². The van der Waals surface area contributed by atoms with Crippen LogP contribution < -0.4 is 5.43 Å². The van der Waals surface area contributed by atoms with E-state index >= 15 is 0 Å². The van der Waals surface area contributed by atoms with E-state index in [1.165, 1.54) is 30.9 Å². The highest BCUT2D eigenvalue weighted by Crippen LogP contribution is 2.40. The number of nitrogens with one attached hydrogen (secondary N) is 2. The number of hydrogen-bond acceptors (Lipinski definition) is 2. The van der Waals surface area contributed by atoms with E-state index < -0.39 is 0 Å². The molecule has 0 saturated carbocycles. The van der Waals surface area contributed by atoms with Crippen LogP contribution in [0.4, 0.5) is 0 Å². The number of fused-ring (bicyclic) bond motifs is 2. The summed E-state index contributed by atoms with van der Waals surface area (Å²) in [4.78, 5) is 4.78. The molecule has 37 heavy (non-hydrogen) atoms. The third-order valence-corrected chi connectivity index (χ3v) is 7.85. The average Bonchev–Trinajstić information content (AvgIpc) is 3.19. The van der Waals surface area contributed by atoms with E-state index in [4.69, 9.17) is 10.4 Å². The molecule has 7 aromatic rings. The van der Waals surface area contributed by atoms with Crippen LogP contribution in [0.5, 0.6) is 0 Å². The van der Waals surface area contributed by atoms with Gasteiger partial charge in [-0.1, -0.05) is 97.1 Å². The summed E-state index contributed by atoms with van der Waals surface area (Å²) in [7, 11) is 0. The Labute approximate surface area is 217 Å². The Kier molecular flexibility index (Phi) is 5.08. The molecule has 0 fully saturated rings. The zero-order chi connectivity index (χ0) is 24.8. The summed E-state index contributed by atoms with van der Waals surface area (Å²) >= 11 is 1.81. The molecule has 0 aliphatic carbocycles. The van der Waals surface area contributed by atoms with Gasteiger partial charge in [-0.3, -0.25) is 15.5 Å². The van der Waals surface area contributed by atoms with Crippen LogP contribution in [-0.4, -0.2) is 16.3 Å². The second-order valence-corrected chi connectivity index (χ2v) is 10.0. The first-order valence-corrected chi connectivity index (χ1v) is 13.0. The normalized spacial score (nSPS) is 12.1. The van der Waals surface area contributed by atoms with Gasteiger partial charge in [-0.25, -0.2) is 4.99 Å². The van der Waals surface area contributed by atoms with Crippen LogP contribution in [0.2, 0.25) is 0 Å². The molecular formula is C32H22N4S. The van der Waals surface area contributed by atoms with Crippen molar-refractivity contribution in [2.75, 3.05) is 5.43 Å². The van der Waals surface area contributed by atoms with E-state index in [0.717, 1.165) is 22.2 Å². The van der Waals surface area contributed by atoms with Crippen molar-refractivity contribution >= 4 is 65.0 Å². The Balaban J connectivity index is 1.50. The molecule has 176 valence electrons. The fraction of sp³-hybridized carbons (Fsp3) is 0. The van der Waals surface area contributed by atoms with E-state index in [-0.39, 0.29) is 5.84 Å². The Hall–Kier alpha value is -4.74. The minimum atomic E-state index is 0.208. The monoisotopic (exact) mass is 494 g/mol. The molecule has 5 aromatic carbocycles. The fourth-order valence-electron chi connectivity index (χ4n) is 5.03. The SMILES string of the molecule is N=C(N=C(Nn1c2cccc3sc4ccccc4c4cccc1c4c32)c1ccccc1)c1ccccc1. The fourth-order valence-corrected chi connectivity index (χ4v) is 6.16.